The van der Waals surface area contributed by atoms with E-state index in [-0.39, 0.29) is 5.91 Å². The molecule has 0 saturated heterocycles. The van der Waals surface area contributed by atoms with Crippen LogP contribution in [0.15, 0.2) is 24.3 Å². The number of carbonyl (C=O) groups is 1. The van der Waals surface area contributed by atoms with Crippen LogP contribution < -0.4 is 5.32 Å². The van der Waals surface area contributed by atoms with E-state index in [1.165, 1.54) is 0 Å². The molecule has 0 radical (unpaired) electrons. The topological polar surface area (TPSA) is 62.1 Å². The van der Waals surface area contributed by atoms with E-state index < -0.39 is 0 Å². The SMILES string of the molecule is N#Cc1cccc(C(=O)NCCCOCCBr)c1. The number of nitrogens with zero attached hydrogens (tertiary/aromatic N) is 1. The first-order valence-corrected chi connectivity index (χ1v) is 6.82. The second-order valence-electron chi connectivity index (χ2n) is 3.60. The van der Waals surface area contributed by atoms with Gasteiger partial charge in [-0.1, -0.05) is 22.0 Å². The average Bonchev–Trinajstić information content (AvgIpc) is 2.42. The predicted molar refractivity (Wildman–Crippen MR) is 72.7 cm³/mol. The van der Waals surface area contributed by atoms with Gasteiger partial charge in [-0.2, -0.15) is 5.26 Å². The summed E-state index contributed by atoms with van der Waals surface area (Å²) in [5, 5.41) is 12.3. The number of hydrogen-bond acceptors (Lipinski definition) is 3. The monoisotopic (exact) mass is 310 g/mol. The van der Waals surface area contributed by atoms with Crippen molar-refractivity contribution >= 4 is 21.8 Å². The summed E-state index contributed by atoms with van der Waals surface area (Å²) in [4.78, 5) is 11.7. The van der Waals surface area contributed by atoms with Gasteiger partial charge in [0.2, 0.25) is 0 Å². The number of rotatable bonds is 7. The summed E-state index contributed by atoms with van der Waals surface area (Å²) in [5.74, 6) is -0.160. The molecule has 0 aliphatic carbocycles. The standard InChI is InChI=1S/C13H15BrN2O2/c14-5-8-18-7-2-6-16-13(17)12-4-1-3-11(9-12)10-15/h1,3-4,9H,2,5-8H2,(H,16,17). The number of nitrogens with one attached hydrogen (secondary N) is 1. The van der Waals surface area contributed by atoms with Crippen LogP contribution in [-0.2, 0) is 4.74 Å². The predicted octanol–water partition coefficient (Wildman–Crippen LogP) is 2.09. The van der Waals surface area contributed by atoms with Gasteiger partial charge in [-0.15, -0.1) is 0 Å². The van der Waals surface area contributed by atoms with E-state index in [1.807, 2.05) is 6.07 Å². The molecule has 0 fully saturated rings. The number of benzene rings is 1. The Kier molecular flexibility index (Phi) is 7.07. The molecule has 1 rings (SSSR count). The maximum absolute atomic E-state index is 11.7. The zero-order valence-electron chi connectivity index (χ0n) is 9.99. The molecule has 1 aromatic carbocycles. The van der Waals surface area contributed by atoms with Gasteiger partial charge in [-0.3, -0.25) is 4.79 Å². The number of amides is 1. The molecule has 0 bridgehead atoms. The lowest BCUT2D eigenvalue weighted by Gasteiger charge is -2.05. The third kappa shape index (κ3) is 5.30. The molecule has 0 aliphatic heterocycles. The van der Waals surface area contributed by atoms with Crippen molar-refractivity contribution in [3.8, 4) is 6.07 Å². The largest absolute Gasteiger partial charge is 0.381 e. The van der Waals surface area contributed by atoms with Crippen molar-refractivity contribution in [2.75, 3.05) is 25.1 Å². The van der Waals surface area contributed by atoms with Crippen molar-refractivity contribution < 1.29 is 9.53 Å². The second-order valence-corrected chi connectivity index (χ2v) is 4.40. The molecule has 18 heavy (non-hydrogen) atoms. The Morgan fingerprint density at radius 2 is 2.28 bits per heavy atom. The minimum atomic E-state index is -0.160. The normalized spacial score (nSPS) is 9.78. The van der Waals surface area contributed by atoms with E-state index in [9.17, 15) is 4.79 Å². The number of nitriles is 1. The molecular weight excluding hydrogens is 296 g/mol. The average molecular weight is 311 g/mol. The highest BCUT2D eigenvalue weighted by atomic mass is 79.9. The maximum Gasteiger partial charge on any atom is 0.251 e. The molecule has 0 unspecified atom stereocenters. The number of carbonyl (C=O) groups excluding carboxylic acids is 1. The molecular formula is C13H15BrN2O2. The van der Waals surface area contributed by atoms with E-state index in [4.69, 9.17) is 10.00 Å². The molecule has 0 atom stereocenters. The molecule has 1 aromatic rings. The molecule has 1 N–H and O–H groups in total. The molecule has 4 nitrogen and oxygen atoms in total. The highest BCUT2D eigenvalue weighted by Gasteiger charge is 2.04. The molecule has 5 heteroatoms. The summed E-state index contributed by atoms with van der Waals surface area (Å²) in [6.07, 6.45) is 0.774. The lowest BCUT2D eigenvalue weighted by atomic mass is 10.1. The van der Waals surface area contributed by atoms with Gasteiger partial charge in [0.1, 0.15) is 0 Å². The van der Waals surface area contributed by atoms with E-state index in [1.54, 1.807) is 24.3 Å². The lowest BCUT2D eigenvalue weighted by molar-refractivity contribution is 0.0944. The number of hydrogen-bond donors (Lipinski definition) is 1. The minimum Gasteiger partial charge on any atom is -0.381 e. The van der Waals surface area contributed by atoms with Gasteiger partial charge in [-0.05, 0) is 24.6 Å². The fourth-order valence-electron chi connectivity index (χ4n) is 1.36. The van der Waals surface area contributed by atoms with E-state index in [0.29, 0.717) is 30.9 Å². The number of alkyl halides is 1. The van der Waals surface area contributed by atoms with Crippen LogP contribution in [0, 0.1) is 11.3 Å². The zero-order chi connectivity index (χ0) is 13.2. The quantitative estimate of drug-likeness (QED) is 0.619. The fraction of sp³-hybridized carbons (Fsp3) is 0.385. The smallest absolute Gasteiger partial charge is 0.251 e. The van der Waals surface area contributed by atoms with Gasteiger partial charge in [-0.25, -0.2) is 0 Å². The van der Waals surface area contributed by atoms with E-state index in [2.05, 4.69) is 21.2 Å². The van der Waals surface area contributed by atoms with Gasteiger partial charge >= 0.3 is 0 Å². The highest BCUT2D eigenvalue weighted by molar-refractivity contribution is 9.09. The highest BCUT2D eigenvalue weighted by Crippen LogP contribution is 2.03. The molecule has 0 saturated carbocycles. The summed E-state index contributed by atoms with van der Waals surface area (Å²) in [5.41, 5.74) is 0.999. The van der Waals surface area contributed by atoms with Crippen molar-refractivity contribution in [2.45, 2.75) is 6.42 Å². The van der Waals surface area contributed by atoms with Crippen molar-refractivity contribution in [1.29, 1.82) is 5.26 Å². The Morgan fingerprint density at radius 1 is 1.44 bits per heavy atom. The van der Waals surface area contributed by atoms with Crippen LogP contribution in [0.25, 0.3) is 0 Å². The lowest BCUT2D eigenvalue weighted by Crippen LogP contribution is -2.25. The summed E-state index contributed by atoms with van der Waals surface area (Å²) < 4.78 is 5.27. The van der Waals surface area contributed by atoms with Crippen molar-refractivity contribution in [2.24, 2.45) is 0 Å². The summed E-state index contributed by atoms with van der Waals surface area (Å²) in [6, 6.07) is 8.65. The fourth-order valence-corrected chi connectivity index (χ4v) is 1.59. The number of ether oxygens (including phenoxy) is 1. The van der Waals surface area contributed by atoms with Gasteiger partial charge in [0.05, 0.1) is 18.2 Å². The van der Waals surface area contributed by atoms with Gasteiger partial charge in [0.25, 0.3) is 5.91 Å². The molecule has 0 spiro atoms. The molecule has 1 amide bonds. The summed E-state index contributed by atoms with van der Waals surface area (Å²) in [6.45, 7) is 1.88. The zero-order valence-corrected chi connectivity index (χ0v) is 11.6. The Morgan fingerprint density at radius 3 is 3.00 bits per heavy atom. The Bertz CT molecular complexity index is 429. The van der Waals surface area contributed by atoms with Gasteiger partial charge in [0, 0.05) is 24.0 Å². The van der Waals surface area contributed by atoms with Crippen LogP contribution >= 0.6 is 15.9 Å². The molecule has 0 heterocycles. The first-order chi connectivity index (χ1) is 8.77. The van der Waals surface area contributed by atoms with Crippen molar-refractivity contribution in [3.63, 3.8) is 0 Å². The molecule has 96 valence electrons. The van der Waals surface area contributed by atoms with Crippen molar-refractivity contribution in [3.05, 3.63) is 35.4 Å². The van der Waals surface area contributed by atoms with Crippen LogP contribution in [0.4, 0.5) is 0 Å². The third-order valence-electron chi connectivity index (χ3n) is 2.23. The van der Waals surface area contributed by atoms with Gasteiger partial charge in [0.15, 0.2) is 0 Å². The number of halogens is 1. The summed E-state index contributed by atoms with van der Waals surface area (Å²) >= 11 is 3.26. The minimum absolute atomic E-state index is 0.160. The Balaban J connectivity index is 2.30. The Hall–Kier alpha value is -1.38. The second kappa shape index (κ2) is 8.67. The van der Waals surface area contributed by atoms with Crippen LogP contribution in [0.5, 0.6) is 0 Å². The third-order valence-corrected chi connectivity index (χ3v) is 2.55. The van der Waals surface area contributed by atoms with Crippen molar-refractivity contribution in [1.82, 2.24) is 5.32 Å². The molecule has 0 aliphatic rings. The maximum atomic E-state index is 11.7. The van der Waals surface area contributed by atoms with Crippen LogP contribution in [0.2, 0.25) is 0 Å². The van der Waals surface area contributed by atoms with Crippen LogP contribution in [0.1, 0.15) is 22.3 Å². The van der Waals surface area contributed by atoms with Crippen LogP contribution in [0.3, 0.4) is 0 Å². The van der Waals surface area contributed by atoms with E-state index in [0.717, 1.165) is 11.8 Å². The molecule has 0 aromatic heterocycles. The summed E-state index contributed by atoms with van der Waals surface area (Å²) in [7, 11) is 0. The first kappa shape index (κ1) is 14.7. The Labute approximate surface area is 115 Å². The first-order valence-electron chi connectivity index (χ1n) is 5.70. The van der Waals surface area contributed by atoms with E-state index >= 15 is 0 Å². The van der Waals surface area contributed by atoms with Crippen LogP contribution in [-0.4, -0.2) is 31.0 Å². The van der Waals surface area contributed by atoms with Gasteiger partial charge < -0.3 is 10.1 Å².